The molecule has 1 rings (SSSR count). The number of aromatic nitrogens is 1. The molecule has 0 aromatic carbocycles. The maximum Gasteiger partial charge on any atom is 0.173 e. The van der Waals surface area contributed by atoms with Crippen LogP contribution in [0.5, 0.6) is 0 Å². The van der Waals surface area contributed by atoms with Crippen LogP contribution in [0.3, 0.4) is 0 Å². The molecule has 0 bridgehead atoms. The first kappa shape index (κ1) is 14.7. The van der Waals surface area contributed by atoms with Gasteiger partial charge in [-0.05, 0) is 31.7 Å². The summed E-state index contributed by atoms with van der Waals surface area (Å²) in [6.45, 7) is 3.61. The zero-order valence-corrected chi connectivity index (χ0v) is 10.5. The van der Waals surface area contributed by atoms with Gasteiger partial charge < -0.3 is 5.73 Å². The molecular weight excluding hydrogens is 225 g/mol. The molecule has 3 nitrogen and oxygen atoms in total. The van der Waals surface area contributed by atoms with Gasteiger partial charge in [-0.25, -0.2) is 4.39 Å². The molecule has 0 aliphatic carbocycles. The predicted molar refractivity (Wildman–Crippen MR) is 65.5 cm³/mol. The van der Waals surface area contributed by atoms with Crippen LogP contribution in [-0.2, 0) is 0 Å². The number of nitriles is 1. The van der Waals surface area contributed by atoms with Gasteiger partial charge in [0.25, 0.3) is 0 Å². The molecule has 0 spiro atoms. The molecule has 0 aliphatic rings. The number of nitrogens with zero attached hydrogens (tertiary/aromatic N) is 2. The lowest BCUT2D eigenvalue weighted by atomic mass is 10.2. The lowest BCUT2D eigenvalue weighted by molar-refractivity contribution is 0.365. The van der Waals surface area contributed by atoms with Crippen LogP contribution in [0.25, 0.3) is 0 Å². The standard InChI is InChI=1S/C10H14FNS.CH2N2/c1-7(11)10-5-4-9(6-12-10)8(2)13-3;2-1-3/h4-8H,1-3H3;2H2. The van der Waals surface area contributed by atoms with Gasteiger partial charge in [0.05, 0.1) is 5.69 Å². The van der Waals surface area contributed by atoms with Crippen LogP contribution in [-0.4, -0.2) is 11.2 Å². The Bertz CT molecular complexity index is 332. The van der Waals surface area contributed by atoms with Crippen LogP contribution >= 0.6 is 11.8 Å². The Morgan fingerprint density at radius 1 is 1.50 bits per heavy atom. The number of nitrogens with two attached hydrogens (primary N) is 1. The summed E-state index contributed by atoms with van der Waals surface area (Å²) in [6, 6.07) is 3.70. The highest BCUT2D eigenvalue weighted by Crippen LogP contribution is 2.25. The minimum atomic E-state index is -0.973. The van der Waals surface area contributed by atoms with E-state index in [1.54, 1.807) is 24.0 Å². The summed E-state index contributed by atoms with van der Waals surface area (Å²) in [5.74, 6) is 0. The molecule has 1 heterocycles. The first-order valence-electron chi connectivity index (χ1n) is 4.79. The van der Waals surface area contributed by atoms with E-state index in [0.717, 1.165) is 5.56 Å². The lowest BCUT2D eigenvalue weighted by Gasteiger charge is -2.08. The smallest absolute Gasteiger partial charge is 0.173 e. The lowest BCUT2D eigenvalue weighted by Crippen LogP contribution is -1.94. The molecule has 0 saturated carbocycles. The summed E-state index contributed by atoms with van der Waals surface area (Å²) < 4.78 is 12.8. The second kappa shape index (κ2) is 7.94. The number of rotatable bonds is 3. The number of alkyl halides is 1. The minimum absolute atomic E-state index is 0.427. The van der Waals surface area contributed by atoms with E-state index in [0.29, 0.717) is 10.9 Å². The van der Waals surface area contributed by atoms with Crippen LogP contribution in [0.2, 0.25) is 0 Å². The number of halogens is 1. The van der Waals surface area contributed by atoms with E-state index in [2.05, 4.69) is 23.9 Å². The van der Waals surface area contributed by atoms with Crippen molar-refractivity contribution < 1.29 is 4.39 Å². The molecule has 88 valence electrons. The average Bonchev–Trinajstić information content (AvgIpc) is 2.29. The number of thioether (sulfide) groups is 1. The number of hydrogen-bond acceptors (Lipinski definition) is 4. The van der Waals surface area contributed by atoms with Crippen LogP contribution in [0.4, 0.5) is 4.39 Å². The van der Waals surface area contributed by atoms with E-state index < -0.39 is 6.17 Å². The van der Waals surface area contributed by atoms with Crippen molar-refractivity contribution in [1.29, 1.82) is 5.26 Å². The molecule has 2 atom stereocenters. The second-order valence-electron chi connectivity index (χ2n) is 3.14. The summed E-state index contributed by atoms with van der Waals surface area (Å²) in [7, 11) is 0. The summed E-state index contributed by atoms with van der Waals surface area (Å²) in [6.07, 6.45) is 4.08. The Hall–Kier alpha value is -1.28. The van der Waals surface area contributed by atoms with E-state index in [9.17, 15) is 4.39 Å². The van der Waals surface area contributed by atoms with Gasteiger partial charge in [-0.2, -0.15) is 17.0 Å². The third-order valence-corrected chi connectivity index (χ3v) is 3.02. The van der Waals surface area contributed by atoms with Crippen molar-refractivity contribution in [3.05, 3.63) is 29.6 Å². The third kappa shape index (κ3) is 4.99. The van der Waals surface area contributed by atoms with Gasteiger partial charge in [-0.15, -0.1) is 0 Å². The highest BCUT2D eigenvalue weighted by atomic mass is 32.2. The molecule has 0 radical (unpaired) electrons. The highest BCUT2D eigenvalue weighted by molar-refractivity contribution is 7.98. The zero-order valence-electron chi connectivity index (χ0n) is 9.64. The van der Waals surface area contributed by atoms with E-state index in [4.69, 9.17) is 5.26 Å². The quantitative estimate of drug-likeness (QED) is 0.652. The Kier molecular flexibility index (Phi) is 7.31. The summed E-state index contributed by atoms with van der Waals surface area (Å²) in [4.78, 5) is 4.06. The van der Waals surface area contributed by atoms with Crippen molar-refractivity contribution in [3.63, 3.8) is 0 Å². The van der Waals surface area contributed by atoms with Gasteiger partial charge >= 0.3 is 0 Å². The van der Waals surface area contributed by atoms with Gasteiger partial charge in [0.15, 0.2) is 6.19 Å². The minimum Gasteiger partial charge on any atom is -0.337 e. The van der Waals surface area contributed by atoms with E-state index in [1.165, 1.54) is 13.1 Å². The van der Waals surface area contributed by atoms with Gasteiger partial charge in [-0.1, -0.05) is 6.07 Å². The maximum absolute atomic E-state index is 12.8. The maximum atomic E-state index is 12.8. The first-order chi connectivity index (χ1) is 7.56. The van der Waals surface area contributed by atoms with E-state index >= 15 is 0 Å². The largest absolute Gasteiger partial charge is 0.337 e. The monoisotopic (exact) mass is 241 g/mol. The highest BCUT2D eigenvalue weighted by Gasteiger charge is 2.06. The van der Waals surface area contributed by atoms with Crippen LogP contribution in [0.15, 0.2) is 18.3 Å². The predicted octanol–water partition coefficient (Wildman–Crippen LogP) is 2.96. The van der Waals surface area contributed by atoms with Gasteiger partial charge in [-0.3, -0.25) is 4.98 Å². The summed E-state index contributed by atoms with van der Waals surface area (Å²) >= 11 is 1.76. The Morgan fingerprint density at radius 2 is 2.06 bits per heavy atom. The fourth-order valence-electron chi connectivity index (χ4n) is 1.03. The normalized spacial score (nSPS) is 12.9. The molecule has 1 aromatic heterocycles. The topological polar surface area (TPSA) is 62.7 Å². The fourth-order valence-corrected chi connectivity index (χ4v) is 1.44. The van der Waals surface area contributed by atoms with Crippen molar-refractivity contribution in [3.8, 4) is 6.19 Å². The van der Waals surface area contributed by atoms with Crippen LogP contribution < -0.4 is 5.73 Å². The molecule has 2 unspecified atom stereocenters. The van der Waals surface area contributed by atoms with E-state index in [1.807, 2.05) is 6.07 Å². The van der Waals surface area contributed by atoms with Crippen LogP contribution in [0, 0.1) is 11.5 Å². The number of hydrogen-bond donors (Lipinski definition) is 1. The second-order valence-corrected chi connectivity index (χ2v) is 4.32. The van der Waals surface area contributed by atoms with Gasteiger partial charge in [0.1, 0.15) is 6.17 Å². The Labute approximate surface area is 99.9 Å². The number of pyridine rings is 1. The van der Waals surface area contributed by atoms with Crippen molar-refractivity contribution in [1.82, 2.24) is 4.98 Å². The van der Waals surface area contributed by atoms with Crippen LogP contribution in [0.1, 0.15) is 36.5 Å². The molecule has 0 fully saturated rings. The molecule has 16 heavy (non-hydrogen) atoms. The Morgan fingerprint density at radius 3 is 2.38 bits per heavy atom. The van der Waals surface area contributed by atoms with E-state index in [-0.39, 0.29) is 0 Å². The fraction of sp³-hybridized carbons (Fsp3) is 0.455. The average molecular weight is 241 g/mol. The molecule has 5 heteroatoms. The summed E-state index contributed by atoms with van der Waals surface area (Å²) in [5.41, 5.74) is 5.81. The molecule has 0 amide bonds. The first-order valence-corrected chi connectivity index (χ1v) is 6.08. The van der Waals surface area contributed by atoms with Crippen molar-refractivity contribution in [2.75, 3.05) is 6.26 Å². The molecule has 1 aromatic rings. The molecular formula is C11H16FN3S. The van der Waals surface area contributed by atoms with Gasteiger partial charge in [0.2, 0.25) is 0 Å². The molecule has 0 saturated heterocycles. The van der Waals surface area contributed by atoms with Crippen molar-refractivity contribution in [2.45, 2.75) is 25.3 Å². The summed E-state index contributed by atoms with van der Waals surface area (Å²) in [5, 5.41) is 7.52. The molecule has 0 aliphatic heterocycles. The van der Waals surface area contributed by atoms with Crippen molar-refractivity contribution >= 4 is 11.8 Å². The molecule has 2 N–H and O–H groups in total. The zero-order chi connectivity index (χ0) is 12.6. The SMILES string of the molecule is CSC(C)c1ccc(C(C)F)nc1.N#CN. The van der Waals surface area contributed by atoms with Crippen molar-refractivity contribution in [2.24, 2.45) is 5.73 Å². The Balaban J connectivity index is 0.000000673. The third-order valence-electron chi connectivity index (χ3n) is 2.04. The van der Waals surface area contributed by atoms with Gasteiger partial charge in [0, 0.05) is 11.4 Å².